The van der Waals surface area contributed by atoms with Crippen LogP contribution in [-0.2, 0) is 0 Å². The van der Waals surface area contributed by atoms with Gasteiger partial charge in [-0.05, 0) is 31.9 Å². The Morgan fingerprint density at radius 1 is 1.36 bits per heavy atom. The molecule has 3 heterocycles. The lowest BCUT2D eigenvalue weighted by Gasteiger charge is -2.32. The first kappa shape index (κ1) is 14.8. The molecule has 1 fully saturated rings. The second kappa shape index (κ2) is 6.36. The van der Waals surface area contributed by atoms with Crippen molar-refractivity contribution in [3.63, 3.8) is 0 Å². The van der Waals surface area contributed by atoms with E-state index in [1.54, 1.807) is 18.3 Å². The molecular weight excluding hydrogens is 304 g/mol. The summed E-state index contributed by atoms with van der Waals surface area (Å²) in [6, 6.07) is 3.62. The highest BCUT2D eigenvalue weighted by atomic mass is 35.5. The number of carbonyl (C=O) groups excluding carboxylic acids is 1. The van der Waals surface area contributed by atoms with Gasteiger partial charge < -0.3 is 14.6 Å². The Bertz CT molecular complexity index is 665. The molecule has 2 aromatic heterocycles. The van der Waals surface area contributed by atoms with Gasteiger partial charge in [0.2, 0.25) is 0 Å². The molecule has 0 radical (unpaired) electrons. The summed E-state index contributed by atoms with van der Waals surface area (Å²) >= 11 is 5.86. The Balaban J connectivity index is 1.54. The molecule has 1 amide bonds. The molecule has 1 N–H and O–H groups in total. The Hall–Kier alpha value is -2.08. The van der Waals surface area contributed by atoms with Crippen LogP contribution in [0.1, 0.15) is 29.2 Å². The summed E-state index contributed by atoms with van der Waals surface area (Å²) in [4.78, 5) is 22.5. The Morgan fingerprint density at radius 2 is 2.14 bits per heavy atom. The van der Waals surface area contributed by atoms with Gasteiger partial charge in [-0.25, -0.2) is 4.98 Å². The number of anilines is 1. The third-order valence-corrected chi connectivity index (χ3v) is 3.89. The summed E-state index contributed by atoms with van der Waals surface area (Å²) in [5.41, 5.74) is 0. The molecular formula is C15H17ClN4O2. The topological polar surface area (TPSA) is 71.3 Å². The van der Waals surface area contributed by atoms with Crippen molar-refractivity contribution in [3.05, 3.63) is 41.2 Å². The molecule has 3 rings (SSSR count). The minimum absolute atomic E-state index is 0.140. The molecule has 1 aliphatic rings. The van der Waals surface area contributed by atoms with Crippen molar-refractivity contribution in [2.45, 2.75) is 25.8 Å². The molecule has 6 nitrogen and oxygen atoms in total. The fourth-order valence-electron chi connectivity index (χ4n) is 2.55. The summed E-state index contributed by atoms with van der Waals surface area (Å²) in [5.74, 6) is 1.72. The van der Waals surface area contributed by atoms with E-state index in [1.807, 2.05) is 6.92 Å². The zero-order valence-electron chi connectivity index (χ0n) is 12.3. The highest BCUT2D eigenvalue weighted by molar-refractivity contribution is 6.29. The smallest absolute Gasteiger partial charge is 0.287 e. The standard InChI is InChI=1S/C15H17ClN4O2/c1-10-2-3-12(22-10)15(21)18-11-4-6-20(7-5-11)14-9-17-8-13(16)19-14/h2-3,8-9,11H,4-7H2,1H3,(H,18,21). The zero-order valence-corrected chi connectivity index (χ0v) is 13.0. The van der Waals surface area contributed by atoms with Gasteiger partial charge in [0.05, 0.1) is 12.4 Å². The van der Waals surface area contributed by atoms with E-state index in [2.05, 4.69) is 20.2 Å². The van der Waals surface area contributed by atoms with Crippen LogP contribution in [0, 0.1) is 6.92 Å². The van der Waals surface area contributed by atoms with Gasteiger partial charge in [-0.15, -0.1) is 0 Å². The zero-order chi connectivity index (χ0) is 15.5. The number of hydrogen-bond acceptors (Lipinski definition) is 5. The molecule has 0 unspecified atom stereocenters. The highest BCUT2D eigenvalue weighted by Gasteiger charge is 2.23. The maximum absolute atomic E-state index is 12.1. The van der Waals surface area contributed by atoms with Crippen LogP contribution < -0.4 is 10.2 Å². The average Bonchev–Trinajstić information content (AvgIpc) is 2.95. The lowest BCUT2D eigenvalue weighted by Crippen LogP contribution is -2.44. The van der Waals surface area contributed by atoms with Crippen LogP contribution in [0.3, 0.4) is 0 Å². The van der Waals surface area contributed by atoms with Gasteiger partial charge in [0.15, 0.2) is 5.76 Å². The second-order valence-corrected chi connectivity index (χ2v) is 5.73. The average molecular weight is 321 g/mol. The largest absolute Gasteiger partial charge is 0.456 e. The van der Waals surface area contributed by atoms with Crippen molar-refractivity contribution in [1.29, 1.82) is 0 Å². The van der Waals surface area contributed by atoms with E-state index in [9.17, 15) is 4.79 Å². The van der Waals surface area contributed by atoms with E-state index < -0.39 is 0 Å². The Labute approximate surface area is 133 Å². The molecule has 0 bridgehead atoms. The van der Waals surface area contributed by atoms with Crippen molar-refractivity contribution in [3.8, 4) is 0 Å². The first-order valence-corrected chi connectivity index (χ1v) is 7.59. The van der Waals surface area contributed by atoms with Crippen LogP contribution in [0.15, 0.2) is 28.9 Å². The maximum atomic E-state index is 12.1. The van der Waals surface area contributed by atoms with Crippen molar-refractivity contribution in [2.75, 3.05) is 18.0 Å². The number of halogens is 1. The van der Waals surface area contributed by atoms with Gasteiger partial charge in [-0.2, -0.15) is 0 Å². The first-order chi connectivity index (χ1) is 10.6. The summed E-state index contributed by atoms with van der Waals surface area (Å²) in [5, 5.41) is 3.40. The lowest BCUT2D eigenvalue weighted by atomic mass is 10.0. The van der Waals surface area contributed by atoms with E-state index >= 15 is 0 Å². The quantitative estimate of drug-likeness (QED) is 0.940. The van der Waals surface area contributed by atoms with Crippen LogP contribution >= 0.6 is 11.6 Å². The molecule has 1 saturated heterocycles. The summed E-state index contributed by atoms with van der Waals surface area (Å²) in [6.45, 7) is 3.43. The number of nitrogens with one attached hydrogen (secondary N) is 1. The minimum Gasteiger partial charge on any atom is -0.456 e. The van der Waals surface area contributed by atoms with Crippen LogP contribution in [0.4, 0.5) is 5.82 Å². The molecule has 0 saturated carbocycles. The van der Waals surface area contributed by atoms with E-state index in [-0.39, 0.29) is 11.9 Å². The SMILES string of the molecule is Cc1ccc(C(=O)NC2CCN(c3cncc(Cl)n3)CC2)o1. The van der Waals surface area contributed by atoms with E-state index in [0.29, 0.717) is 10.9 Å². The molecule has 7 heteroatoms. The molecule has 1 aliphatic heterocycles. The van der Waals surface area contributed by atoms with Crippen LogP contribution in [0.25, 0.3) is 0 Å². The number of nitrogens with zero attached hydrogens (tertiary/aromatic N) is 3. The number of aromatic nitrogens is 2. The number of furan rings is 1. The number of piperidine rings is 1. The van der Waals surface area contributed by atoms with Gasteiger partial charge in [0.25, 0.3) is 5.91 Å². The number of rotatable bonds is 3. The third-order valence-electron chi connectivity index (χ3n) is 3.71. The normalized spacial score (nSPS) is 15.8. The van der Waals surface area contributed by atoms with Gasteiger partial charge in [0, 0.05) is 19.1 Å². The molecule has 0 aromatic carbocycles. The monoisotopic (exact) mass is 320 g/mol. The van der Waals surface area contributed by atoms with Crippen molar-refractivity contribution >= 4 is 23.3 Å². The second-order valence-electron chi connectivity index (χ2n) is 5.35. The van der Waals surface area contributed by atoms with E-state index in [4.69, 9.17) is 16.0 Å². The molecule has 2 aromatic rings. The lowest BCUT2D eigenvalue weighted by molar-refractivity contribution is 0.0901. The number of hydrogen-bond donors (Lipinski definition) is 1. The van der Waals surface area contributed by atoms with Gasteiger partial charge in [-0.1, -0.05) is 11.6 Å². The Kier molecular flexibility index (Phi) is 4.29. The molecule has 116 valence electrons. The van der Waals surface area contributed by atoms with E-state index in [1.165, 1.54) is 6.20 Å². The number of aryl methyl sites for hydroxylation is 1. The van der Waals surface area contributed by atoms with Gasteiger partial charge >= 0.3 is 0 Å². The van der Waals surface area contributed by atoms with Crippen molar-refractivity contribution in [2.24, 2.45) is 0 Å². The predicted octanol–water partition coefficient (Wildman–Crippen LogP) is 2.43. The van der Waals surface area contributed by atoms with Crippen LogP contribution in [0.2, 0.25) is 5.15 Å². The predicted molar refractivity (Wildman–Crippen MR) is 83.2 cm³/mol. The molecule has 22 heavy (non-hydrogen) atoms. The van der Waals surface area contributed by atoms with Crippen LogP contribution in [-0.4, -0.2) is 35.0 Å². The van der Waals surface area contributed by atoms with Crippen molar-refractivity contribution < 1.29 is 9.21 Å². The summed E-state index contributed by atoms with van der Waals surface area (Å²) in [7, 11) is 0. The van der Waals surface area contributed by atoms with Gasteiger partial charge in [0.1, 0.15) is 16.7 Å². The highest BCUT2D eigenvalue weighted by Crippen LogP contribution is 2.19. The number of carbonyl (C=O) groups is 1. The fourth-order valence-corrected chi connectivity index (χ4v) is 2.69. The first-order valence-electron chi connectivity index (χ1n) is 7.21. The molecule has 0 spiro atoms. The van der Waals surface area contributed by atoms with E-state index in [0.717, 1.165) is 37.5 Å². The number of amides is 1. The third kappa shape index (κ3) is 3.39. The molecule has 0 atom stereocenters. The fraction of sp³-hybridized carbons (Fsp3) is 0.400. The molecule has 0 aliphatic carbocycles. The maximum Gasteiger partial charge on any atom is 0.287 e. The summed E-state index contributed by atoms with van der Waals surface area (Å²) < 4.78 is 5.34. The Morgan fingerprint density at radius 3 is 2.77 bits per heavy atom. The van der Waals surface area contributed by atoms with Gasteiger partial charge in [-0.3, -0.25) is 9.78 Å². The summed E-state index contributed by atoms with van der Waals surface area (Å²) in [6.07, 6.45) is 4.92. The van der Waals surface area contributed by atoms with Crippen LogP contribution in [0.5, 0.6) is 0 Å². The minimum atomic E-state index is -0.158. The van der Waals surface area contributed by atoms with Crippen molar-refractivity contribution in [1.82, 2.24) is 15.3 Å².